The van der Waals surface area contributed by atoms with Gasteiger partial charge in [-0.25, -0.2) is 0 Å². The Morgan fingerprint density at radius 1 is 0.448 bits per heavy atom. The molecule has 11 aromatic rings. The first kappa shape index (κ1) is 32.8. The Balaban J connectivity index is 1.07. The van der Waals surface area contributed by atoms with E-state index in [-0.39, 0.29) is 5.41 Å². The number of hydrogen-bond donors (Lipinski definition) is 0. The van der Waals surface area contributed by atoms with Gasteiger partial charge in [-0.1, -0.05) is 141 Å². The maximum atomic E-state index is 6.36. The molecular weight excluding hydrogens is 705 g/mol. The zero-order valence-electron chi connectivity index (χ0n) is 32.3. The highest BCUT2D eigenvalue weighted by Gasteiger charge is 2.36. The van der Waals surface area contributed by atoms with Crippen molar-refractivity contribution in [2.24, 2.45) is 0 Å². The van der Waals surface area contributed by atoms with Gasteiger partial charge in [0, 0.05) is 38.5 Å². The van der Waals surface area contributed by atoms with Crippen LogP contribution in [-0.2, 0) is 5.41 Å². The fourth-order valence-corrected chi connectivity index (χ4v) is 9.83. The third kappa shape index (κ3) is 4.74. The average molecular weight is 743 g/mol. The normalized spacial score (nSPS) is 13.1. The number of benzene rings is 9. The molecular formula is C55H38N2O. The fraction of sp³-hybridized carbons (Fsp3) is 0.0545. The van der Waals surface area contributed by atoms with Crippen LogP contribution in [-0.4, -0.2) is 4.57 Å². The van der Waals surface area contributed by atoms with Gasteiger partial charge in [0.1, 0.15) is 11.2 Å². The van der Waals surface area contributed by atoms with Crippen LogP contribution in [0.5, 0.6) is 0 Å². The maximum absolute atomic E-state index is 6.36. The Morgan fingerprint density at radius 2 is 1.12 bits per heavy atom. The standard InChI is InChI=1S/C55H38N2O/c1-55(2)46-20-9-5-17-41(46)42-30-29-39(34-47(42)55)56(38-28-26-35-14-3-4-15-36(35)32-38)48-21-10-6-16-40(48)37-27-31-50-45(33-37)43-18-7-11-22-49(43)57(50)51-23-13-25-53-54(51)44-19-8-12-24-52(44)58-53/h3-34H,1-2H3. The van der Waals surface area contributed by atoms with Crippen molar-refractivity contribution in [2.75, 3.05) is 4.90 Å². The summed E-state index contributed by atoms with van der Waals surface area (Å²) in [5.74, 6) is 0. The van der Waals surface area contributed by atoms with Gasteiger partial charge in [-0.3, -0.25) is 0 Å². The van der Waals surface area contributed by atoms with Crippen LogP contribution in [0.2, 0.25) is 0 Å². The SMILES string of the molecule is CC1(C)c2ccccc2-c2ccc(N(c3ccc4ccccc4c3)c3ccccc3-c3ccc4c(c3)c3ccccc3n4-c3cccc4oc5ccccc5c34)cc21. The lowest BCUT2D eigenvalue weighted by Crippen LogP contribution is -2.16. The lowest BCUT2D eigenvalue weighted by atomic mass is 9.82. The quantitative estimate of drug-likeness (QED) is 0.175. The number of fused-ring (bicyclic) bond motifs is 10. The molecule has 0 spiro atoms. The number of furan rings is 1. The van der Waals surface area contributed by atoms with Crippen LogP contribution >= 0.6 is 0 Å². The first-order chi connectivity index (χ1) is 28.5. The van der Waals surface area contributed by atoms with E-state index in [0.29, 0.717) is 0 Å². The summed E-state index contributed by atoms with van der Waals surface area (Å²) in [5, 5.41) is 7.12. The number of anilines is 3. The monoisotopic (exact) mass is 742 g/mol. The van der Waals surface area contributed by atoms with Crippen molar-refractivity contribution in [2.45, 2.75) is 19.3 Å². The Labute approximate surface area is 336 Å². The number of nitrogens with zero attached hydrogens (tertiary/aromatic N) is 2. The van der Waals surface area contributed by atoms with Crippen molar-refractivity contribution in [1.29, 1.82) is 0 Å². The van der Waals surface area contributed by atoms with Gasteiger partial charge in [-0.05, 0) is 105 Å². The van der Waals surface area contributed by atoms with Crippen LogP contribution in [0.4, 0.5) is 17.1 Å². The minimum Gasteiger partial charge on any atom is -0.456 e. The zero-order chi connectivity index (χ0) is 38.5. The molecule has 0 N–H and O–H groups in total. The summed E-state index contributed by atoms with van der Waals surface area (Å²) < 4.78 is 8.77. The van der Waals surface area contributed by atoms with Crippen molar-refractivity contribution in [3.05, 3.63) is 205 Å². The second-order valence-electron chi connectivity index (χ2n) is 16.1. The third-order valence-corrected chi connectivity index (χ3v) is 12.6. The number of rotatable bonds is 5. The highest BCUT2D eigenvalue weighted by Crippen LogP contribution is 2.51. The van der Waals surface area contributed by atoms with Gasteiger partial charge >= 0.3 is 0 Å². The molecule has 0 bridgehead atoms. The van der Waals surface area contributed by atoms with Crippen LogP contribution in [0, 0.1) is 0 Å². The van der Waals surface area contributed by atoms with Crippen molar-refractivity contribution in [3.8, 4) is 27.9 Å². The number of para-hydroxylation sites is 3. The van der Waals surface area contributed by atoms with Crippen molar-refractivity contribution < 1.29 is 4.42 Å². The lowest BCUT2D eigenvalue weighted by Gasteiger charge is -2.30. The number of hydrogen-bond acceptors (Lipinski definition) is 2. The van der Waals surface area contributed by atoms with E-state index in [2.05, 4.69) is 211 Å². The van der Waals surface area contributed by atoms with Crippen LogP contribution in [0.15, 0.2) is 199 Å². The van der Waals surface area contributed by atoms with Crippen molar-refractivity contribution in [1.82, 2.24) is 4.57 Å². The molecule has 0 amide bonds. The molecule has 1 aliphatic rings. The predicted octanol–water partition coefficient (Wildman–Crippen LogP) is 15.3. The molecule has 3 nitrogen and oxygen atoms in total. The van der Waals surface area contributed by atoms with Crippen molar-refractivity contribution in [3.63, 3.8) is 0 Å². The van der Waals surface area contributed by atoms with Gasteiger partial charge in [-0.15, -0.1) is 0 Å². The smallest absolute Gasteiger partial charge is 0.137 e. The molecule has 0 saturated carbocycles. The first-order valence-corrected chi connectivity index (χ1v) is 20.1. The van der Waals surface area contributed by atoms with Crippen LogP contribution < -0.4 is 4.90 Å². The summed E-state index contributed by atoms with van der Waals surface area (Å²) in [6, 6.07) is 70.8. The Bertz CT molecular complexity index is 3450. The van der Waals surface area contributed by atoms with E-state index in [4.69, 9.17) is 4.42 Å². The summed E-state index contributed by atoms with van der Waals surface area (Å²) in [6.45, 7) is 4.72. The Kier molecular flexibility index (Phi) is 6.98. The molecule has 0 unspecified atom stereocenters. The summed E-state index contributed by atoms with van der Waals surface area (Å²) in [6.07, 6.45) is 0. The van der Waals surface area contributed by atoms with E-state index in [1.165, 1.54) is 54.9 Å². The molecule has 0 radical (unpaired) electrons. The molecule has 12 rings (SSSR count). The topological polar surface area (TPSA) is 21.3 Å². The van der Waals surface area contributed by atoms with Crippen LogP contribution in [0.3, 0.4) is 0 Å². The van der Waals surface area contributed by atoms with E-state index in [1.54, 1.807) is 0 Å². The number of aromatic nitrogens is 1. The van der Waals surface area contributed by atoms with Gasteiger partial charge in [0.25, 0.3) is 0 Å². The van der Waals surface area contributed by atoms with E-state index in [0.717, 1.165) is 55.8 Å². The highest BCUT2D eigenvalue weighted by atomic mass is 16.3. The largest absolute Gasteiger partial charge is 0.456 e. The minimum absolute atomic E-state index is 0.122. The summed E-state index contributed by atoms with van der Waals surface area (Å²) in [5.41, 5.74) is 16.2. The highest BCUT2D eigenvalue weighted by molar-refractivity contribution is 6.15. The van der Waals surface area contributed by atoms with Gasteiger partial charge < -0.3 is 13.9 Å². The first-order valence-electron chi connectivity index (χ1n) is 20.1. The molecule has 58 heavy (non-hydrogen) atoms. The average Bonchev–Trinajstić information content (AvgIpc) is 3.89. The summed E-state index contributed by atoms with van der Waals surface area (Å²) in [7, 11) is 0. The van der Waals surface area contributed by atoms with Crippen LogP contribution in [0.25, 0.3) is 82.5 Å². The Morgan fingerprint density at radius 3 is 2.03 bits per heavy atom. The van der Waals surface area contributed by atoms with Crippen molar-refractivity contribution >= 4 is 71.6 Å². The second kappa shape index (κ2) is 12.3. The van der Waals surface area contributed by atoms with Gasteiger partial charge in [0.15, 0.2) is 0 Å². The molecule has 9 aromatic carbocycles. The molecule has 0 saturated heterocycles. The molecule has 274 valence electrons. The van der Waals surface area contributed by atoms with E-state index in [9.17, 15) is 0 Å². The lowest BCUT2D eigenvalue weighted by molar-refractivity contribution is 0.660. The van der Waals surface area contributed by atoms with Crippen LogP contribution in [0.1, 0.15) is 25.0 Å². The molecule has 2 aromatic heterocycles. The third-order valence-electron chi connectivity index (χ3n) is 12.6. The molecule has 3 heteroatoms. The van der Waals surface area contributed by atoms with Gasteiger partial charge in [0.05, 0.1) is 27.8 Å². The minimum atomic E-state index is -0.122. The van der Waals surface area contributed by atoms with Gasteiger partial charge in [0.2, 0.25) is 0 Å². The molecule has 2 heterocycles. The van der Waals surface area contributed by atoms with E-state index in [1.807, 2.05) is 6.07 Å². The predicted molar refractivity (Wildman–Crippen MR) is 243 cm³/mol. The zero-order valence-corrected chi connectivity index (χ0v) is 32.3. The van der Waals surface area contributed by atoms with E-state index < -0.39 is 0 Å². The fourth-order valence-electron chi connectivity index (χ4n) is 9.83. The molecule has 0 aliphatic heterocycles. The molecule has 1 aliphatic carbocycles. The molecule has 0 fully saturated rings. The summed E-state index contributed by atoms with van der Waals surface area (Å²) in [4.78, 5) is 2.46. The molecule has 0 atom stereocenters. The van der Waals surface area contributed by atoms with E-state index >= 15 is 0 Å². The maximum Gasteiger partial charge on any atom is 0.137 e. The Hall–Kier alpha value is -7.36. The summed E-state index contributed by atoms with van der Waals surface area (Å²) >= 11 is 0. The second-order valence-corrected chi connectivity index (χ2v) is 16.1. The van der Waals surface area contributed by atoms with Gasteiger partial charge in [-0.2, -0.15) is 0 Å².